The highest BCUT2D eigenvalue weighted by molar-refractivity contribution is 5.97. The Morgan fingerprint density at radius 1 is 1.37 bits per heavy atom. The summed E-state index contributed by atoms with van der Waals surface area (Å²) in [6.45, 7) is 0.745. The molecule has 0 radical (unpaired) electrons. The molecule has 19 heavy (non-hydrogen) atoms. The van der Waals surface area contributed by atoms with E-state index in [0.717, 1.165) is 35.6 Å². The van der Waals surface area contributed by atoms with Crippen molar-refractivity contribution >= 4 is 11.9 Å². The lowest BCUT2D eigenvalue weighted by molar-refractivity contribution is 0.0779. The van der Waals surface area contributed by atoms with Crippen molar-refractivity contribution in [1.82, 2.24) is 19.4 Å². The topological polar surface area (TPSA) is 77.0 Å². The number of amides is 1. The third kappa shape index (κ3) is 1.76. The van der Waals surface area contributed by atoms with Gasteiger partial charge in [0.1, 0.15) is 0 Å². The van der Waals surface area contributed by atoms with E-state index in [-0.39, 0.29) is 11.9 Å². The number of hydrogen-bond acceptors (Lipinski definition) is 4. The van der Waals surface area contributed by atoms with Crippen LogP contribution in [-0.4, -0.2) is 38.9 Å². The largest absolute Gasteiger partial charge is 0.368 e. The summed E-state index contributed by atoms with van der Waals surface area (Å²) < 4.78 is 2.02. The molecule has 0 atom stereocenters. The number of carbonyl (C=O) groups is 1. The van der Waals surface area contributed by atoms with Gasteiger partial charge in [-0.25, -0.2) is 9.97 Å². The van der Waals surface area contributed by atoms with Crippen LogP contribution in [0.1, 0.15) is 16.1 Å². The van der Waals surface area contributed by atoms with E-state index in [1.807, 2.05) is 24.7 Å². The number of nitrogen functional groups attached to an aromatic ring is 1. The first-order valence-electron chi connectivity index (χ1n) is 6.11. The van der Waals surface area contributed by atoms with Crippen molar-refractivity contribution in [2.45, 2.75) is 6.42 Å². The van der Waals surface area contributed by atoms with Crippen LogP contribution in [0.15, 0.2) is 18.3 Å². The van der Waals surface area contributed by atoms with Gasteiger partial charge in [0, 0.05) is 39.0 Å². The van der Waals surface area contributed by atoms with E-state index < -0.39 is 0 Å². The van der Waals surface area contributed by atoms with Crippen LogP contribution in [0.25, 0.3) is 11.4 Å². The zero-order chi connectivity index (χ0) is 13.6. The molecule has 3 rings (SSSR count). The van der Waals surface area contributed by atoms with Crippen LogP contribution in [0.5, 0.6) is 0 Å². The molecule has 0 unspecified atom stereocenters. The average molecular weight is 257 g/mol. The van der Waals surface area contributed by atoms with E-state index in [0.29, 0.717) is 0 Å². The van der Waals surface area contributed by atoms with Crippen molar-refractivity contribution < 1.29 is 4.79 Å². The number of nitrogens with two attached hydrogens (primary N) is 1. The zero-order valence-electron chi connectivity index (χ0n) is 10.9. The minimum atomic E-state index is 0.0603. The molecule has 0 saturated carbocycles. The highest BCUT2D eigenvalue weighted by Gasteiger charge is 2.26. The van der Waals surface area contributed by atoms with Crippen LogP contribution in [0.2, 0.25) is 0 Å². The molecule has 3 heterocycles. The molecule has 1 aliphatic heterocycles. The monoisotopic (exact) mass is 257 g/mol. The Labute approximate surface area is 110 Å². The molecule has 6 heteroatoms. The summed E-state index contributed by atoms with van der Waals surface area (Å²) in [5.74, 6) is 0.297. The van der Waals surface area contributed by atoms with Gasteiger partial charge < -0.3 is 15.2 Å². The van der Waals surface area contributed by atoms with E-state index >= 15 is 0 Å². The molecule has 0 aromatic carbocycles. The van der Waals surface area contributed by atoms with Crippen molar-refractivity contribution in [1.29, 1.82) is 0 Å². The van der Waals surface area contributed by atoms with E-state index in [1.54, 1.807) is 17.2 Å². The van der Waals surface area contributed by atoms with Gasteiger partial charge in [0.25, 0.3) is 5.91 Å². The minimum Gasteiger partial charge on any atom is -0.368 e. The van der Waals surface area contributed by atoms with Crippen LogP contribution < -0.4 is 5.73 Å². The van der Waals surface area contributed by atoms with Gasteiger partial charge in [0.2, 0.25) is 5.95 Å². The quantitative estimate of drug-likeness (QED) is 0.815. The molecule has 98 valence electrons. The predicted molar refractivity (Wildman–Crippen MR) is 71.5 cm³/mol. The van der Waals surface area contributed by atoms with Crippen LogP contribution in [0.3, 0.4) is 0 Å². The van der Waals surface area contributed by atoms with Crippen molar-refractivity contribution in [3.05, 3.63) is 29.6 Å². The maximum Gasteiger partial charge on any atom is 0.255 e. The lowest BCUT2D eigenvalue weighted by atomic mass is 10.1. The van der Waals surface area contributed by atoms with Crippen molar-refractivity contribution in [3.63, 3.8) is 0 Å². The molecule has 2 aromatic heterocycles. The average Bonchev–Trinajstić information content (AvgIpc) is 2.72. The Morgan fingerprint density at radius 3 is 2.89 bits per heavy atom. The summed E-state index contributed by atoms with van der Waals surface area (Å²) in [5, 5.41) is 0. The summed E-state index contributed by atoms with van der Waals surface area (Å²) in [7, 11) is 3.77. The van der Waals surface area contributed by atoms with Crippen LogP contribution in [-0.2, 0) is 13.5 Å². The van der Waals surface area contributed by atoms with E-state index in [1.165, 1.54) is 0 Å². The summed E-state index contributed by atoms with van der Waals surface area (Å²) in [6.07, 6.45) is 2.48. The number of hydrogen-bond donors (Lipinski definition) is 1. The third-order valence-electron chi connectivity index (χ3n) is 3.56. The molecule has 0 saturated heterocycles. The molecular formula is C13H15N5O. The molecule has 1 aliphatic rings. The smallest absolute Gasteiger partial charge is 0.255 e. The number of anilines is 1. The van der Waals surface area contributed by atoms with Gasteiger partial charge in [-0.3, -0.25) is 4.79 Å². The maximum atomic E-state index is 12.1. The van der Waals surface area contributed by atoms with Crippen LogP contribution >= 0.6 is 0 Å². The SMILES string of the molecule is CN1CCc2c(cc(-c3ccnc(N)n3)n2C)C1=O. The summed E-state index contributed by atoms with van der Waals surface area (Å²) in [5.41, 5.74) is 9.04. The van der Waals surface area contributed by atoms with E-state index in [9.17, 15) is 4.79 Å². The first-order valence-corrected chi connectivity index (χ1v) is 6.11. The second-order valence-electron chi connectivity index (χ2n) is 4.73. The molecule has 0 fully saturated rings. The summed E-state index contributed by atoms with van der Waals surface area (Å²) >= 11 is 0. The molecule has 6 nitrogen and oxygen atoms in total. The molecular weight excluding hydrogens is 242 g/mol. The summed E-state index contributed by atoms with van der Waals surface area (Å²) in [4.78, 5) is 22.0. The predicted octanol–water partition coefficient (Wildman–Crippen LogP) is 0.692. The molecule has 2 aromatic rings. The first-order chi connectivity index (χ1) is 9.08. The zero-order valence-corrected chi connectivity index (χ0v) is 10.9. The Bertz CT molecular complexity index is 661. The van der Waals surface area contributed by atoms with E-state index in [4.69, 9.17) is 5.73 Å². The Balaban J connectivity index is 2.15. The highest BCUT2D eigenvalue weighted by atomic mass is 16.2. The normalized spacial score (nSPS) is 14.6. The fourth-order valence-electron chi connectivity index (χ4n) is 2.47. The van der Waals surface area contributed by atoms with Gasteiger partial charge in [-0.05, 0) is 12.1 Å². The second-order valence-corrected chi connectivity index (χ2v) is 4.73. The fourth-order valence-corrected chi connectivity index (χ4v) is 2.47. The summed E-state index contributed by atoms with van der Waals surface area (Å²) in [6, 6.07) is 3.68. The minimum absolute atomic E-state index is 0.0603. The molecule has 1 amide bonds. The van der Waals surface area contributed by atoms with Crippen LogP contribution in [0.4, 0.5) is 5.95 Å². The Kier molecular flexibility index (Phi) is 2.51. The standard InChI is InChI=1S/C13H15N5O/c1-17-6-4-10-8(12(17)19)7-11(18(10)2)9-3-5-15-13(14)16-9/h3,5,7H,4,6H2,1-2H3,(H2,14,15,16). The van der Waals surface area contributed by atoms with Gasteiger partial charge in [0.05, 0.1) is 17.0 Å². The Hall–Kier alpha value is -2.37. The molecule has 0 aliphatic carbocycles. The van der Waals surface area contributed by atoms with Gasteiger partial charge in [-0.1, -0.05) is 0 Å². The van der Waals surface area contributed by atoms with Gasteiger partial charge in [-0.2, -0.15) is 0 Å². The molecule has 0 bridgehead atoms. The molecule has 0 spiro atoms. The number of aromatic nitrogens is 3. The van der Waals surface area contributed by atoms with Gasteiger partial charge in [-0.15, -0.1) is 0 Å². The van der Waals surface area contributed by atoms with Crippen molar-refractivity contribution in [3.8, 4) is 11.4 Å². The molecule has 2 N–H and O–H groups in total. The number of carbonyl (C=O) groups excluding carboxylic acids is 1. The highest BCUT2D eigenvalue weighted by Crippen LogP contribution is 2.27. The second kappa shape index (κ2) is 4.08. The lowest BCUT2D eigenvalue weighted by Crippen LogP contribution is -2.34. The fraction of sp³-hybridized carbons (Fsp3) is 0.308. The van der Waals surface area contributed by atoms with Gasteiger partial charge in [0.15, 0.2) is 0 Å². The van der Waals surface area contributed by atoms with E-state index in [2.05, 4.69) is 9.97 Å². The Morgan fingerprint density at radius 2 is 2.16 bits per heavy atom. The van der Waals surface area contributed by atoms with Crippen molar-refractivity contribution in [2.24, 2.45) is 7.05 Å². The number of rotatable bonds is 1. The number of nitrogens with zero attached hydrogens (tertiary/aromatic N) is 4. The third-order valence-corrected chi connectivity index (χ3v) is 3.56. The lowest BCUT2D eigenvalue weighted by Gasteiger charge is -2.23. The maximum absolute atomic E-state index is 12.1. The first kappa shape index (κ1) is 11.7. The number of fused-ring (bicyclic) bond motifs is 1. The van der Waals surface area contributed by atoms with Crippen molar-refractivity contribution in [2.75, 3.05) is 19.3 Å². The van der Waals surface area contributed by atoms with Crippen LogP contribution in [0, 0.1) is 0 Å². The number of likely N-dealkylation sites (N-methyl/N-ethyl adjacent to an activating group) is 1. The van der Waals surface area contributed by atoms with Gasteiger partial charge >= 0.3 is 0 Å².